The molecule has 4 amide bonds. The Kier molecular flexibility index (Phi) is 13.0. The molecule has 0 radical (unpaired) electrons. The maximum atomic E-state index is 12.8. The van der Waals surface area contributed by atoms with Crippen molar-refractivity contribution in [2.45, 2.75) is 63.7 Å². The molecule has 13 nitrogen and oxygen atoms in total. The third-order valence-electron chi connectivity index (χ3n) is 4.63. The van der Waals surface area contributed by atoms with Gasteiger partial charge in [0.25, 0.3) is 0 Å². The first-order chi connectivity index (χ1) is 14.8. The lowest BCUT2D eigenvalue weighted by atomic mass is 9.97. The van der Waals surface area contributed by atoms with Crippen LogP contribution in [0.25, 0.3) is 0 Å². The smallest absolute Gasteiger partial charge is 0.326 e. The maximum absolute atomic E-state index is 12.8. The zero-order chi connectivity index (χ0) is 25.0. The fourth-order valence-corrected chi connectivity index (χ4v) is 2.68. The molecule has 0 bridgehead atoms. The first kappa shape index (κ1) is 29.1. The Hall–Kier alpha value is -2.87. The third kappa shape index (κ3) is 10.4. The molecule has 0 aromatic rings. The van der Waals surface area contributed by atoms with E-state index in [4.69, 9.17) is 16.6 Å². The Morgan fingerprint density at radius 3 is 1.94 bits per heavy atom. The number of carbonyl (C=O) groups excluding carboxylic acids is 4. The molecule has 0 aromatic heterocycles. The highest BCUT2D eigenvalue weighted by Gasteiger charge is 2.33. The number of hydrogen-bond acceptors (Lipinski definition) is 8. The number of aliphatic carboxylic acids is 2. The average Bonchev–Trinajstić information content (AvgIpc) is 2.71. The molecule has 0 aromatic carbocycles. The summed E-state index contributed by atoms with van der Waals surface area (Å²) < 4.78 is 0. The van der Waals surface area contributed by atoms with Crippen LogP contribution in [0.3, 0.4) is 0 Å². The van der Waals surface area contributed by atoms with E-state index in [1.165, 1.54) is 0 Å². The largest absolute Gasteiger partial charge is 0.481 e. The van der Waals surface area contributed by atoms with Gasteiger partial charge in [-0.15, -0.1) is 0 Å². The first-order valence-electron chi connectivity index (χ1n) is 9.84. The van der Waals surface area contributed by atoms with Gasteiger partial charge in [0.05, 0.1) is 12.5 Å². The van der Waals surface area contributed by atoms with E-state index in [0.717, 1.165) is 0 Å². The SMILES string of the molecule is CCC(C)C(NC(=O)C(CCC(=O)O)NC(=O)C(N)CS)C(=O)NC(CC(N)=O)C(=O)O. The number of carboxylic acids is 2. The van der Waals surface area contributed by atoms with Crippen molar-refractivity contribution < 1.29 is 39.0 Å². The summed E-state index contributed by atoms with van der Waals surface area (Å²) in [7, 11) is 0. The molecule has 0 rings (SSSR count). The van der Waals surface area contributed by atoms with Gasteiger partial charge in [0, 0.05) is 12.2 Å². The van der Waals surface area contributed by atoms with Gasteiger partial charge in [0.1, 0.15) is 18.1 Å². The van der Waals surface area contributed by atoms with Gasteiger partial charge in [-0.1, -0.05) is 20.3 Å². The predicted octanol–water partition coefficient (Wildman–Crippen LogP) is -2.43. The van der Waals surface area contributed by atoms with Crippen LogP contribution < -0.4 is 27.4 Å². The zero-order valence-electron chi connectivity index (χ0n) is 17.9. The van der Waals surface area contributed by atoms with E-state index < -0.39 is 78.5 Å². The Labute approximate surface area is 190 Å². The summed E-state index contributed by atoms with van der Waals surface area (Å²) in [6, 6.07) is -5.19. The van der Waals surface area contributed by atoms with Gasteiger partial charge in [-0.05, 0) is 12.3 Å². The minimum Gasteiger partial charge on any atom is -0.481 e. The van der Waals surface area contributed by atoms with Crippen LogP contribution in [0.15, 0.2) is 0 Å². The second-order valence-corrected chi connectivity index (χ2v) is 7.59. The Balaban J connectivity index is 5.59. The molecule has 32 heavy (non-hydrogen) atoms. The lowest BCUT2D eigenvalue weighted by Gasteiger charge is -2.27. The van der Waals surface area contributed by atoms with E-state index in [9.17, 15) is 33.9 Å². The van der Waals surface area contributed by atoms with Gasteiger partial charge in [-0.25, -0.2) is 4.79 Å². The number of thiol groups is 1. The van der Waals surface area contributed by atoms with Gasteiger partial charge in [0.2, 0.25) is 23.6 Å². The fraction of sp³-hybridized carbons (Fsp3) is 0.667. The number of carbonyl (C=O) groups is 6. The van der Waals surface area contributed by atoms with Crippen LogP contribution in [0, 0.1) is 5.92 Å². The summed E-state index contributed by atoms with van der Waals surface area (Å²) in [6.07, 6.45) is -0.974. The molecular weight excluding hydrogens is 446 g/mol. The van der Waals surface area contributed by atoms with E-state index >= 15 is 0 Å². The van der Waals surface area contributed by atoms with Gasteiger partial charge in [-0.3, -0.25) is 24.0 Å². The van der Waals surface area contributed by atoms with Crippen LogP contribution in [0.5, 0.6) is 0 Å². The van der Waals surface area contributed by atoms with Crippen molar-refractivity contribution >= 4 is 48.2 Å². The summed E-state index contributed by atoms with van der Waals surface area (Å²) in [4.78, 5) is 70.8. The van der Waals surface area contributed by atoms with E-state index in [-0.39, 0.29) is 12.2 Å². The highest BCUT2D eigenvalue weighted by molar-refractivity contribution is 7.80. The van der Waals surface area contributed by atoms with Crippen LogP contribution in [0.1, 0.15) is 39.5 Å². The van der Waals surface area contributed by atoms with E-state index in [1.807, 2.05) is 0 Å². The fourth-order valence-electron chi connectivity index (χ4n) is 2.52. The molecule has 182 valence electrons. The summed E-state index contributed by atoms with van der Waals surface area (Å²) in [6.45, 7) is 3.35. The standard InChI is InChI=1S/C18H31N5O8S/c1-3-8(2)14(17(29)22-11(18(30)31)6-12(20)24)23-16(28)10(4-5-13(25)26)21-15(27)9(19)7-32/h8-11,14,32H,3-7,19H2,1-2H3,(H2,20,24)(H,21,27)(H,22,29)(H,23,28)(H,25,26)(H,30,31). The Bertz CT molecular complexity index is 719. The first-order valence-corrected chi connectivity index (χ1v) is 10.5. The summed E-state index contributed by atoms with van der Waals surface area (Å²) >= 11 is 3.89. The van der Waals surface area contributed by atoms with E-state index in [2.05, 4.69) is 28.6 Å². The molecule has 9 N–H and O–H groups in total. The Morgan fingerprint density at radius 2 is 1.50 bits per heavy atom. The van der Waals surface area contributed by atoms with Crippen molar-refractivity contribution in [2.75, 3.05) is 5.75 Å². The molecule has 0 heterocycles. The van der Waals surface area contributed by atoms with Gasteiger partial charge in [-0.2, -0.15) is 12.6 Å². The van der Waals surface area contributed by atoms with Gasteiger partial charge in [0.15, 0.2) is 0 Å². The number of hydrogen-bond donors (Lipinski definition) is 8. The van der Waals surface area contributed by atoms with E-state index in [0.29, 0.717) is 6.42 Å². The monoisotopic (exact) mass is 477 g/mol. The minimum absolute atomic E-state index is 0.0204. The topological polar surface area (TPSA) is 231 Å². The molecule has 14 heteroatoms. The molecular formula is C18H31N5O8S. The Morgan fingerprint density at radius 1 is 0.938 bits per heavy atom. The van der Waals surface area contributed by atoms with Crippen LogP contribution in [0.4, 0.5) is 0 Å². The molecule has 0 aliphatic rings. The highest BCUT2D eigenvalue weighted by Crippen LogP contribution is 2.10. The number of primary amides is 1. The van der Waals surface area contributed by atoms with Crippen LogP contribution >= 0.6 is 12.6 Å². The molecule has 5 atom stereocenters. The van der Waals surface area contributed by atoms with Crippen molar-refractivity contribution in [3.8, 4) is 0 Å². The second-order valence-electron chi connectivity index (χ2n) is 7.22. The van der Waals surface area contributed by atoms with E-state index in [1.54, 1.807) is 13.8 Å². The summed E-state index contributed by atoms with van der Waals surface area (Å²) in [5.41, 5.74) is 10.6. The molecule has 0 spiro atoms. The van der Waals surface area contributed by atoms with Gasteiger partial charge < -0.3 is 37.6 Å². The normalized spacial score (nSPS) is 15.4. The van der Waals surface area contributed by atoms with Crippen molar-refractivity contribution in [3.63, 3.8) is 0 Å². The molecule has 5 unspecified atom stereocenters. The van der Waals surface area contributed by atoms with Crippen molar-refractivity contribution in [1.82, 2.24) is 16.0 Å². The predicted molar refractivity (Wildman–Crippen MR) is 115 cm³/mol. The number of nitrogens with two attached hydrogens (primary N) is 2. The maximum Gasteiger partial charge on any atom is 0.326 e. The number of nitrogens with one attached hydrogen (secondary N) is 3. The van der Waals surface area contributed by atoms with Gasteiger partial charge >= 0.3 is 11.9 Å². The average molecular weight is 478 g/mol. The zero-order valence-corrected chi connectivity index (χ0v) is 18.8. The molecule has 0 fully saturated rings. The molecule has 0 aliphatic heterocycles. The molecule has 0 saturated heterocycles. The lowest BCUT2D eigenvalue weighted by molar-refractivity contribution is -0.144. The number of amides is 4. The van der Waals surface area contributed by atoms with Crippen LogP contribution in [-0.4, -0.2) is 75.7 Å². The van der Waals surface area contributed by atoms with Crippen molar-refractivity contribution in [1.29, 1.82) is 0 Å². The summed E-state index contributed by atoms with van der Waals surface area (Å²) in [5, 5.41) is 25.0. The van der Waals surface area contributed by atoms with Crippen LogP contribution in [-0.2, 0) is 28.8 Å². The lowest BCUT2D eigenvalue weighted by Crippen LogP contribution is -2.59. The second kappa shape index (κ2) is 14.2. The quantitative estimate of drug-likeness (QED) is 0.117. The third-order valence-corrected chi connectivity index (χ3v) is 5.02. The summed E-state index contributed by atoms with van der Waals surface area (Å²) in [5.74, 6) is -6.60. The highest BCUT2D eigenvalue weighted by atomic mass is 32.1. The molecule has 0 aliphatic carbocycles. The van der Waals surface area contributed by atoms with Crippen molar-refractivity contribution in [2.24, 2.45) is 17.4 Å². The number of rotatable bonds is 15. The minimum atomic E-state index is -1.60. The number of carboxylic acid groups (broad SMARTS) is 2. The molecule has 0 saturated carbocycles. The van der Waals surface area contributed by atoms with Crippen molar-refractivity contribution in [3.05, 3.63) is 0 Å². The van der Waals surface area contributed by atoms with Crippen LogP contribution in [0.2, 0.25) is 0 Å².